The molecule has 0 saturated carbocycles. The van der Waals surface area contributed by atoms with Gasteiger partial charge in [0.05, 0.1) is 5.69 Å². The Balaban J connectivity index is 2.06. The van der Waals surface area contributed by atoms with Crippen molar-refractivity contribution < 1.29 is 0 Å². The Hall–Kier alpha value is -0.610. The standard InChI is InChI=1S/C17H31N3S/c1-5-7-14-8-10-20(11-9-14)17-19-16(13(3)6-2)15(21-17)12-18-4/h13-14,18H,5-12H2,1-4H3. The summed E-state index contributed by atoms with van der Waals surface area (Å²) in [5, 5.41) is 4.55. The number of piperidine rings is 1. The highest BCUT2D eigenvalue weighted by molar-refractivity contribution is 7.15. The second-order valence-electron chi connectivity index (χ2n) is 6.36. The SMILES string of the molecule is CCCC1CCN(c2nc(C(C)CC)c(CNC)s2)CC1. The molecule has 1 aliphatic heterocycles. The number of anilines is 1. The van der Waals surface area contributed by atoms with Gasteiger partial charge in [0.15, 0.2) is 5.13 Å². The van der Waals surface area contributed by atoms with Gasteiger partial charge in [0, 0.05) is 24.5 Å². The number of aromatic nitrogens is 1. The maximum absolute atomic E-state index is 5.00. The third-order valence-corrected chi connectivity index (χ3v) is 5.85. The lowest BCUT2D eigenvalue weighted by molar-refractivity contribution is 0.378. The van der Waals surface area contributed by atoms with E-state index in [1.54, 1.807) is 0 Å². The number of hydrogen-bond donors (Lipinski definition) is 1. The average molecular weight is 310 g/mol. The third kappa shape index (κ3) is 4.19. The number of thiazole rings is 1. The van der Waals surface area contributed by atoms with Gasteiger partial charge in [-0.2, -0.15) is 0 Å². The summed E-state index contributed by atoms with van der Waals surface area (Å²) < 4.78 is 0. The summed E-state index contributed by atoms with van der Waals surface area (Å²) in [6.07, 6.45) is 6.57. The van der Waals surface area contributed by atoms with E-state index in [1.165, 1.54) is 60.9 Å². The van der Waals surface area contributed by atoms with E-state index in [1.807, 2.05) is 18.4 Å². The van der Waals surface area contributed by atoms with E-state index >= 15 is 0 Å². The van der Waals surface area contributed by atoms with E-state index in [4.69, 9.17) is 4.98 Å². The highest BCUT2D eigenvalue weighted by Gasteiger charge is 2.23. The zero-order valence-corrected chi connectivity index (χ0v) is 14.9. The lowest BCUT2D eigenvalue weighted by Gasteiger charge is -2.31. The van der Waals surface area contributed by atoms with Crippen LogP contribution in [0, 0.1) is 5.92 Å². The minimum atomic E-state index is 0.566. The van der Waals surface area contributed by atoms with E-state index < -0.39 is 0 Å². The summed E-state index contributed by atoms with van der Waals surface area (Å²) >= 11 is 1.90. The van der Waals surface area contributed by atoms with Crippen LogP contribution in [0.25, 0.3) is 0 Å². The topological polar surface area (TPSA) is 28.2 Å². The van der Waals surface area contributed by atoms with Crippen molar-refractivity contribution in [3.8, 4) is 0 Å². The Morgan fingerprint density at radius 1 is 1.33 bits per heavy atom. The summed E-state index contributed by atoms with van der Waals surface area (Å²) in [7, 11) is 2.02. The fourth-order valence-electron chi connectivity index (χ4n) is 3.17. The van der Waals surface area contributed by atoms with Crippen LogP contribution in [0.3, 0.4) is 0 Å². The molecule has 1 saturated heterocycles. The quantitative estimate of drug-likeness (QED) is 0.809. The Morgan fingerprint density at radius 3 is 2.62 bits per heavy atom. The van der Waals surface area contributed by atoms with Gasteiger partial charge in [-0.1, -0.05) is 33.6 Å². The summed E-state index contributed by atoms with van der Waals surface area (Å²) in [5.74, 6) is 1.51. The molecule has 4 heteroatoms. The van der Waals surface area contributed by atoms with Crippen molar-refractivity contribution in [2.24, 2.45) is 5.92 Å². The van der Waals surface area contributed by atoms with Gasteiger partial charge in [-0.05, 0) is 38.1 Å². The second kappa shape index (κ2) is 8.14. The first kappa shape index (κ1) is 16.8. The minimum absolute atomic E-state index is 0.566. The molecule has 1 unspecified atom stereocenters. The Bertz CT molecular complexity index is 422. The van der Waals surface area contributed by atoms with Gasteiger partial charge in [0.2, 0.25) is 0 Å². The fraction of sp³-hybridized carbons (Fsp3) is 0.824. The van der Waals surface area contributed by atoms with Gasteiger partial charge in [-0.3, -0.25) is 0 Å². The van der Waals surface area contributed by atoms with Gasteiger partial charge in [0.25, 0.3) is 0 Å². The number of hydrogen-bond acceptors (Lipinski definition) is 4. The predicted octanol–water partition coefficient (Wildman–Crippen LogP) is 4.39. The van der Waals surface area contributed by atoms with Crippen molar-refractivity contribution in [2.45, 2.75) is 65.3 Å². The zero-order chi connectivity index (χ0) is 15.2. The molecule has 3 nitrogen and oxygen atoms in total. The van der Waals surface area contributed by atoms with Gasteiger partial charge < -0.3 is 10.2 Å². The summed E-state index contributed by atoms with van der Waals surface area (Å²) in [6.45, 7) is 10.2. The molecule has 1 aromatic heterocycles. The Labute approximate surface area is 134 Å². The molecule has 2 rings (SSSR count). The lowest BCUT2D eigenvalue weighted by atomic mass is 9.93. The first-order valence-electron chi connectivity index (χ1n) is 8.58. The molecule has 0 radical (unpaired) electrons. The van der Waals surface area contributed by atoms with Crippen molar-refractivity contribution in [1.82, 2.24) is 10.3 Å². The van der Waals surface area contributed by atoms with Gasteiger partial charge in [-0.25, -0.2) is 4.98 Å². The summed E-state index contributed by atoms with van der Waals surface area (Å²) in [6, 6.07) is 0. The molecule has 120 valence electrons. The third-order valence-electron chi connectivity index (χ3n) is 4.71. The lowest BCUT2D eigenvalue weighted by Crippen LogP contribution is -2.33. The van der Waals surface area contributed by atoms with Crippen LogP contribution >= 0.6 is 11.3 Å². The van der Waals surface area contributed by atoms with Crippen LogP contribution < -0.4 is 10.2 Å². The van der Waals surface area contributed by atoms with Gasteiger partial charge in [0.1, 0.15) is 0 Å². The van der Waals surface area contributed by atoms with Crippen LogP contribution in [0.15, 0.2) is 0 Å². The van der Waals surface area contributed by atoms with Crippen LogP contribution in [0.5, 0.6) is 0 Å². The largest absolute Gasteiger partial charge is 0.348 e. The van der Waals surface area contributed by atoms with E-state index in [9.17, 15) is 0 Å². The molecule has 0 aliphatic carbocycles. The van der Waals surface area contributed by atoms with E-state index in [0.29, 0.717) is 5.92 Å². The molecule has 0 spiro atoms. The molecule has 0 bridgehead atoms. The average Bonchev–Trinajstić information content (AvgIpc) is 2.92. The van der Waals surface area contributed by atoms with Crippen LogP contribution in [-0.4, -0.2) is 25.1 Å². The Kier molecular flexibility index (Phi) is 6.49. The second-order valence-corrected chi connectivity index (χ2v) is 7.43. The monoisotopic (exact) mass is 309 g/mol. The van der Waals surface area contributed by atoms with Crippen molar-refractivity contribution >= 4 is 16.5 Å². The number of nitrogens with one attached hydrogen (secondary N) is 1. The van der Waals surface area contributed by atoms with Crippen molar-refractivity contribution in [3.05, 3.63) is 10.6 Å². The molecule has 0 amide bonds. The van der Waals surface area contributed by atoms with E-state index in [0.717, 1.165) is 12.5 Å². The first-order chi connectivity index (χ1) is 10.2. The van der Waals surface area contributed by atoms with E-state index in [2.05, 4.69) is 31.0 Å². The molecular formula is C17H31N3S. The Morgan fingerprint density at radius 2 is 2.05 bits per heavy atom. The summed E-state index contributed by atoms with van der Waals surface area (Å²) in [5.41, 5.74) is 1.32. The molecule has 2 heterocycles. The molecule has 1 aromatic rings. The normalized spacial score (nSPS) is 18.2. The van der Waals surface area contributed by atoms with Crippen molar-refractivity contribution in [2.75, 3.05) is 25.0 Å². The van der Waals surface area contributed by atoms with Crippen LogP contribution in [0.2, 0.25) is 0 Å². The number of rotatable bonds is 7. The molecule has 21 heavy (non-hydrogen) atoms. The van der Waals surface area contributed by atoms with E-state index in [-0.39, 0.29) is 0 Å². The molecular weight excluding hydrogens is 278 g/mol. The smallest absolute Gasteiger partial charge is 0.185 e. The molecule has 1 fully saturated rings. The van der Waals surface area contributed by atoms with Gasteiger partial charge >= 0.3 is 0 Å². The maximum Gasteiger partial charge on any atom is 0.185 e. The molecule has 1 aliphatic rings. The minimum Gasteiger partial charge on any atom is -0.348 e. The fourth-order valence-corrected chi connectivity index (χ4v) is 4.42. The highest BCUT2D eigenvalue weighted by atomic mass is 32.1. The predicted molar refractivity (Wildman–Crippen MR) is 93.4 cm³/mol. The van der Waals surface area contributed by atoms with Crippen LogP contribution in [-0.2, 0) is 6.54 Å². The van der Waals surface area contributed by atoms with Gasteiger partial charge in [-0.15, -0.1) is 11.3 Å². The molecule has 0 aromatic carbocycles. The van der Waals surface area contributed by atoms with Crippen molar-refractivity contribution in [1.29, 1.82) is 0 Å². The number of nitrogens with zero attached hydrogens (tertiary/aromatic N) is 2. The molecule has 1 N–H and O–H groups in total. The van der Waals surface area contributed by atoms with Crippen LogP contribution in [0.1, 0.15) is 69.4 Å². The summed E-state index contributed by atoms with van der Waals surface area (Å²) in [4.78, 5) is 8.94. The highest BCUT2D eigenvalue weighted by Crippen LogP contribution is 2.34. The zero-order valence-electron chi connectivity index (χ0n) is 14.1. The molecule has 1 atom stereocenters. The van der Waals surface area contributed by atoms with Crippen molar-refractivity contribution in [3.63, 3.8) is 0 Å². The van der Waals surface area contributed by atoms with Crippen LogP contribution in [0.4, 0.5) is 5.13 Å². The maximum atomic E-state index is 5.00. The first-order valence-corrected chi connectivity index (χ1v) is 9.40.